The minimum Gasteiger partial charge on any atom is -0.345 e. The number of carbonyl (C=O) groups excluding carboxylic acids is 1. The molecule has 1 N–H and O–H groups in total. The molecule has 0 bridgehead atoms. The van der Waals surface area contributed by atoms with E-state index in [1.54, 1.807) is 0 Å². The van der Waals surface area contributed by atoms with Crippen LogP contribution in [0.1, 0.15) is 42.4 Å². The molecule has 0 saturated carbocycles. The molecule has 3 rings (SSSR count). The largest absolute Gasteiger partial charge is 0.345 e. The zero-order chi connectivity index (χ0) is 17.4. The molecule has 0 aliphatic carbocycles. The van der Waals surface area contributed by atoms with E-state index in [-0.39, 0.29) is 12.1 Å². The van der Waals surface area contributed by atoms with Crippen molar-refractivity contribution < 1.29 is 4.79 Å². The van der Waals surface area contributed by atoms with Crippen LogP contribution in [0.25, 0.3) is 0 Å². The average molecular weight is 325 g/mol. The first-order valence-corrected chi connectivity index (χ1v) is 8.69. The Bertz CT molecular complexity index is 760. The smallest absolute Gasteiger partial charge is 0.322 e. The highest BCUT2D eigenvalue weighted by Crippen LogP contribution is 2.34. The van der Waals surface area contributed by atoms with Gasteiger partial charge in [0.1, 0.15) is 0 Å². The number of hydrogen-bond donors (Lipinski definition) is 1. The maximum absolute atomic E-state index is 12.9. The number of nitrogens with one attached hydrogen (secondary N) is 1. The van der Waals surface area contributed by atoms with Gasteiger partial charge in [-0.2, -0.15) is 0 Å². The van der Waals surface area contributed by atoms with Gasteiger partial charge in [-0.3, -0.25) is 0 Å². The molecule has 4 heteroatoms. The standard InChI is InChI=1S/C20H27N3O/c1-13(2)19-18-9-7-16(5)22(18)10-11-23(19)20(24)21-17-8-6-14(3)15(4)12-17/h6-9,12-13,19H,10-11H2,1-5H3,(H,21,24)/t19-/m1/s1. The van der Waals surface area contributed by atoms with Crippen LogP contribution in [0.4, 0.5) is 10.5 Å². The van der Waals surface area contributed by atoms with Gasteiger partial charge in [0.05, 0.1) is 6.04 Å². The monoisotopic (exact) mass is 325 g/mol. The number of amides is 2. The maximum Gasteiger partial charge on any atom is 0.322 e. The van der Waals surface area contributed by atoms with Gasteiger partial charge in [0.25, 0.3) is 0 Å². The minimum atomic E-state index is -0.0120. The van der Waals surface area contributed by atoms with Crippen LogP contribution in [0.15, 0.2) is 30.3 Å². The van der Waals surface area contributed by atoms with Gasteiger partial charge in [0.15, 0.2) is 0 Å². The third-order valence-electron chi connectivity index (χ3n) is 5.09. The summed E-state index contributed by atoms with van der Waals surface area (Å²) >= 11 is 0. The molecule has 1 aliphatic rings. The molecule has 1 aromatic heterocycles. The van der Waals surface area contributed by atoms with Crippen molar-refractivity contribution in [1.29, 1.82) is 0 Å². The second-order valence-electron chi connectivity index (χ2n) is 7.16. The average Bonchev–Trinajstić information content (AvgIpc) is 2.91. The Balaban J connectivity index is 1.84. The molecule has 0 saturated heterocycles. The Morgan fingerprint density at radius 3 is 2.50 bits per heavy atom. The quantitative estimate of drug-likeness (QED) is 0.857. The van der Waals surface area contributed by atoms with Crippen LogP contribution in [0.2, 0.25) is 0 Å². The van der Waals surface area contributed by atoms with Crippen LogP contribution in [0.5, 0.6) is 0 Å². The molecule has 0 radical (unpaired) electrons. The van der Waals surface area contributed by atoms with E-state index >= 15 is 0 Å². The van der Waals surface area contributed by atoms with Gasteiger partial charge in [0, 0.05) is 30.2 Å². The fraction of sp³-hybridized carbons (Fsp3) is 0.450. The van der Waals surface area contributed by atoms with Crippen molar-refractivity contribution in [3.8, 4) is 0 Å². The SMILES string of the molecule is Cc1ccc(NC(=O)N2CCn3c(C)ccc3[C@H]2C(C)C)cc1C. The first-order chi connectivity index (χ1) is 11.4. The molecule has 4 nitrogen and oxygen atoms in total. The number of aromatic nitrogens is 1. The predicted molar refractivity (Wildman–Crippen MR) is 98.4 cm³/mol. The van der Waals surface area contributed by atoms with Crippen molar-refractivity contribution in [2.24, 2.45) is 5.92 Å². The Hall–Kier alpha value is -2.23. The van der Waals surface area contributed by atoms with Crippen LogP contribution in [0, 0.1) is 26.7 Å². The summed E-state index contributed by atoms with van der Waals surface area (Å²) in [6.07, 6.45) is 0. The molecular formula is C20H27N3O. The van der Waals surface area contributed by atoms with E-state index in [0.717, 1.165) is 18.8 Å². The van der Waals surface area contributed by atoms with Gasteiger partial charge in [-0.15, -0.1) is 0 Å². The highest BCUT2D eigenvalue weighted by Gasteiger charge is 2.33. The second kappa shape index (κ2) is 6.34. The summed E-state index contributed by atoms with van der Waals surface area (Å²) in [7, 11) is 0. The number of anilines is 1. The third-order valence-corrected chi connectivity index (χ3v) is 5.09. The summed E-state index contributed by atoms with van der Waals surface area (Å²) < 4.78 is 2.34. The van der Waals surface area contributed by atoms with Gasteiger partial charge >= 0.3 is 6.03 Å². The minimum absolute atomic E-state index is 0.0120. The van der Waals surface area contributed by atoms with Crippen LogP contribution in [-0.2, 0) is 6.54 Å². The van der Waals surface area contributed by atoms with Gasteiger partial charge in [0.2, 0.25) is 0 Å². The molecule has 2 amide bonds. The van der Waals surface area contributed by atoms with Crippen molar-refractivity contribution >= 4 is 11.7 Å². The highest BCUT2D eigenvalue weighted by atomic mass is 16.2. The maximum atomic E-state index is 12.9. The first kappa shape index (κ1) is 16.6. The van der Waals surface area contributed by atoms with Crippen molar-refractivity contribution in [3.63, 3.8) is 0 Å². The number of urea groups is 1. The number of nitrogens with zero attached hydrogens (tertiary/aromatic N) is 2. The van der Waals surface area contributed by atoms with Gasteiger partial charge in [-0.05, 0) is 62.1 Å². The topological polar surface area (TPSA) is 37.3 Å². The van der Waals surface area contributed by atoms with Crippen molar-refractivity contribution in [2.75, 3.05) is 11.9 Å². The third kappa shape index (κ3) is 2.93. The first-order valence-electron chi connectivity index (χ1n) is 8.69. The van der Waals surface area contributed by atoms with E-state index in [4.69, 9.17) is 0 Å². The lowest BCUT2D eigenvalue weighted by atomic mass is 9.97. The van der Waals surface area contributed by atoms with E-state index in [9.17, 15) is 4.79 Å². The number of benzene rings is 1. The Labute approximate surface area is 144 Å². The number of rotatable bonds is 2. The summed E-state index contributed by atoms with van der Waals surface area (Å²) in [5.41, 5.74) is 5.80. The molecule has 1 aliphatic heterocycles. The highest BCUT2D eigenvalue weighted by molar-refractivity contribution is 5.89. The Morgan fingerprint density at radius 2 is 1.83 bits per heavy atom. The summed E-state index contributed by atoms with van der Waals surface area (Å²) in [6, 6.07) is 10.5. The zero-order valence-corrected chi connectivity index (χ0v) is 15.3. The molecule has 24 heavy (non-hydrogen) atoms. The van der Waals surface area contributed by atoms with Gasteiger partial charge in [-0.25, -0.2) is 4.79 Å². The summed E-state index contributed by atoms with van der Waals surface area (Å²) in [5, 5.41) is 3.08. The number of hydrogen-bond acceptors (Lipinski definition) is 1. The number of aryl methyl sites for hydroxylation is 3. The predicted octanol–water partition coefficient (Wildman–Crippen LogP) is 4.66. The van der Waals surface area contributed by atoms with Crippen LogP contribution < -0.4 is 5.32 Å². The van der Waals surface area contributed by atoms with Crippen molar-refractivity contribution in [2.45, 2.75) is 47.2 Å². The van der Waals surface area contributed by atoms with E-state index in [1.807, 2.05) is 17.0 Å². The van der Waals surface area contributed by atoms with Crippen LogP contribution in [0.3, 0.4) is 0 Å². The molecule has 0 fully saturated rings. The number of carbonyl (C=O) groups is 1. The molecule has 0 spiro atoms. The van der Waals surface area contributed by atoms with Crippen LogP contribution in [-0.4, -0.2) is 22.0 Å². The summed E-state index contributed by atoms with van der Waals surface area (Å²) in [5.74, 6) is 0.365. The molecule has 128 valence electrons. The zero-order valence-electron chi connectivity index (χ0n) is 15.3. The fourth-order valence-electron chi connectivity index (χ4n) is 3.60. The van der Waals surface area contributed by atoms with Gasteiger partial charge < -0.3 is 14.8 Å². The summed E-state index contributed by atoms with van der Waals surface area (Å²) in [4.78, 5) is 14.9. The Morgan fingerprint density at radius 1 is 1.08 bits per heavy atom. The second-order valence-corrected chi connectivity index (χ2v) is 7.16. The molecule has 1 atom stereocenters. The van der Waals surface area contributed by atoms with Crippen molar-refractivity contribution in [1.82, 2.24) is 9.47 Å². The van der Waals surface area contributed by atoms with E-state index < -0.39 is 0 Å². The Kier molecular flexibility index (Phi) is 4.39. The number of fused-ring (bicyclic) bond motifs is 1. The molecule has 2 heterocycles. The van der Waals surface area contributed by atoms with Gasteiger partial charge in [-0.1, -0.05) is 19.9 Å². The fourth-order valence-corrected chi connectivity index (χ4v) is 3.60. The molecule has 1 aromatic carbocycles. The van der Waals surface area contributed by atoms with Crippen LogP contribution >= 0.6 is 0 Å². The lowest BCUT2D eigenvalue weighted by Gasteiger charge is -2.39. The van der Waals surface area contributed by atoms with E-state index in [2.05, 4.69) is 62.7 Å². The lowest BCUT2D eigenvalue weighted by molar-refractivity contribution is 0.143. The molecular weight excluding hydrogens is 298 g/mol. The summed E-state index contributed by atoms with van der Waals surface area (Å²) in [6.45, 7) is 12.2. The van der Waals surface area contributed by atoms with Crippen molar-refractivity contribution in [3.05, 3.63) is 52.8 Å². The van der Waals surface area contributed by atoms with E-state index in [1.165, 1.54) is 22.5 Å². The molecule has 2 aromatic rings. The normalized spacial score (nSPS) is 17.1. The lowest BCUT2D eigenvalue weighted by Crippen LogP contribution is -2.46. The molecule has 0 unspecified atom stereocenters. The van der Waals surface area contributed by atoms with E-state index in [0.29, 0.717) is 5.92 Å².